The van der Waals surface area contributed by atoms with Crippen LogP contribution in [0, 0.1) is 5.92 Å². The van der Waals surface area contributed by atoms with E-state index >= 15 is 0 Å². The number of nitrogens with zero attached hydrogens (tertiary/aromatic N) is 5. The molecule has 0 saturated carbocycles. The number of aromatic carboxylic acids is 1. The molecule has 0 spiro atoms. The second-order valence-corrected chi connectivity index (χ2v) is 9.64. The number of methoxy groups -OCH3 is 1. The van der Waals surface area contributed by atoms with Gasteiger partial charge in [-0.15, -0.1) is 12.4 Å². The number of hydrogen-bond donors (Lipinski definition) is 1. The van der Waals surface area contributed by atoms with Gasteiger partial charge >= 0.3 is 5.97 Å². The van der Waals surface area contributed by atoms with Crippen molar-refractivity contribution in [3.8, 4) is 0 Å². The van der Waals surface area contributed by atoms with E-state index in [0.29, 0.717) is 48.6 Å². The standard InChI is InChI=1S/C25H28ClN5O4.ClH/c1-35-10-9-29-7-4-16(5-8-29)12-30-14-19(25(33)34)22(32)18-11-20(26)24(28-23(18)30)31-13-17-3-2-6-27-21(17)15-31;/h2-3,6,11,14,16H,4-5,7-10,12-13,15H2,1H3,(H,33,34);1H. The Kier molecular flexibility index (Phi) is 8.14. The maximum absolute atomic E-state index is 13.0. The van der Waals surface area contributed by atoms with Crippen molar-refractivity contribution in [2.75, 3.05) is 38.3 Å². The third-order valence-electron chi connectivity index (χ3n) is 6.97. The minimum absolute atomic E-state index is 0. The largest absolute Gasteiger partial charge is 0.477 e. The number of fused-ring (bicyclic) bond motifs is 2. The molecule has 0 aromatic carbocycles. The van der Waals surface area contributed by atoms with Gasteiger partial charge in [0.1, 0.15) is 11.2 Å². The van der Waals surface area contributed by atoms with E-state index in [4.69, 9.17) is 21.3 Å². The summed E-state index contributed by atoms with van der Waals surface area (Å²) in [6.07, 6.45) is 5.17. The van der Waals surface area contributed by atoms with Crippen molar-refractivity contribution in [3.05, 3.63) is 62.7 Å². The predicted molar refractivity (Wildman–Crippen MR) is 140 cm³/mol. The highest BCUT2D eigenvalue weighted by Gasteiger charge is 2.26. The van der Waals surface area contributed by atoms with Gasteiger partial charge in [-0.3, -0.25) is 9.78 Å². The first kappa shape index (κ1) is 26.3. The normalized spacial score (nSPS) is 16.2. The number of anilines is 1. The number of carboxylic acid groups (broad SMARTS) is 1. The molecular weight excluding hydrogens is 505 g/mol. The summed E-state index contributed by atoms with van der Waals surface area (Å²) in [6, 6.07) is 5.50. The summed E-state index contributed by atoms with van der Waals surface area (Å²) in [5.74, 6) is -0.327. The minimum atomic E-state index is -1.25. The van der Waals surface area contributed by atoms with Crippen LogP contribution in [0.2, 0.25) is 5.02 Å². The van der Waals surface area contributed by atoms with Crippen molar-refractivity contribution in [1.82, 2.24) is 19.4 Å². The van der Waals surface area contributed by atoms with Crippen LogP contribution < -0.4 is 10.3 Å². The molecule has 9 nitrogen and oxygen atoms in total. The first-order valence-electron chi connectivity index (χ1n) is 11.8. The highest BCUT2D eigenvalue weighted by atomic mass is 35.5. The van der Waals surface area contributed by atoms with E-state index < -0.39 is 11.4 Å². The Morgan fingerprint density at radius 2 is 2.06 bits per heavy atom. The van der Waals surface area contributed by atoms with Crippen LogP contribution in [0.4, 0.5) is 5.82 Å². The van der Waals surface area contributed by atoms with Crippen molar-refractivity contribution in [2.45, 2.75) is 32.5 Å². The van der Waals surface area contributed by atoms with Crippen molar-refractivity contribution in [3.63, 3.8) is 0 Å². The van der Waals surface area contributed by atoms with E-state index in [1.165, 1.54) is 6.20 Å². The summed E-state index contributed by atoms with van der Waals surface area (Å²) in [6.45, 7) is 5.32. The molecule has 0 amide bonds. The van der Waals surface area contributed by atoms with Gasteiger partial charge in [0.25, 0.3) is 0 Å². The lowest BCUT2D eigenvalue weighted by Gasteiger charge is -2.32. The maximum Gasteiger partial charge on any atom is 0.341 e. The van der Waals surface area contributed by atoms with Crippen LogP contribution in [0.15, 0.2) is 35.4 Å². The minimum Gasteiger partial charge on any atom is -0.477 e. The number of aromatic nitrogens is 3. The molecule has 0 unspecified atom stereocenters. The lowest BCUT2D eigenvalue weighted by Crippen LogP contribution is -2.37. The van der Waals surface area contributed by atoms with Crippen molar-refractivity contribution >= 4 is 46.8 Å². The molecule has 1 fully saturated rings. The molecule has 36 heavy (non-hydrogen) atoms. The number of rotatable bonds is 7. The van der Waals surface area contributed by atoms with Gasteiger partial charge in [-0.1, -0.05) is 17.7 Å². The average Bonchev–Trinajstić information content (AvgIpc) is 3.29. The van der Waals surface area contributed by atoms with E-state index in [-0.39, 0.29) is 23.4 Å². The van der Waals surface area contributed by atoms with Gasteiger partial charge in [0.2, 0.25) is 5.43 Å². The van der Waals surface area contributed by atoms with Gasteiger partial charge in [-0.05, 0) is 49.5 Å². The second-order valence-electron chi connectivity index (χ2n) is 9.24. The smallest absolute Gasteiger partial charge is 0.341 e. The number of ether oxygens (including phenoxy) is 1. The van der Waals surface area contributed by atoms with Crippen LogP contribution in [0.1, 0.15) is 34.5 Å². The fourth-order valence-corrected chi connectivity index (χ4v) is 5.30. The molecule has 0 atom stereocenters. The molecule has 1 N–H and O–H groups in total. The molecule has 5 heterocycles. The van der Waals surface area contributed by atoms with Crippen molar-refractivity contribution < 1.29 is 14.6 Å². The monoisotopic (exact) mass is 533 g/mol. The number of pyridine rings is 3. The molecule has 5 rings (SSSR count). The Balaban J connectivity index is 0.00000304. The van der Waals surface area contributed by atoms with Crippen LogP contribution in [0.3, 0.4) is 0 Å². The average molecular weight is 534 g/mol. The van der Waals surface area contributed by atoms with Gasteiger partial charge < -0.3 is 24.2 Å². The Labute approximate surface area is 220 Å². The van der Waals surface area contributed by atoms with Crippen LogP contribution in [-0.2, 0) is 24.4 Å². The van der Waals surface area contributed by atoms with E-state index in [1.54, 1.807) is 19.4 Å². The van der Waals surface area contributed by atoms with Gasteiger partial charge in [-0.25, -0.2) is 9.78 Å². The summed E-state index contributed by atoms with van der Waals surface area (Å²) in [4.78, 5) is 38.5. The Hall–Kier alpha value is -2.72. The number of carbonyl (C=O) groups is 1. The molecule has 0 aliphatic carbocycles. The van der Waals surface area contributed by atoms with Crippen LogP contribution in [-0.4, -0.2) is 63.9 Å². The summed E-state index contributed by atoms with van der Waals surface area (Å²) in [5.41, 5.74) is 1.72. The van der Waals surface area contributed by atoms with Crippen molar-refractivity contribution in [1.29, 1.82) is 0 Å². The highest BCUT2D eigenvalue weighted by molar-refractivity contribution is 6.33. The molecule has 11 heteroatoms. The Morgan fingerprint density at radius 1 is 1.28 bits per heavy atom. The fraction of sp³-hybridized carbons (Fsp3) is 0.440. The molecule has 2 aliphatic rings. The number of hydrogen-bond acceptors (Lipinski definition) is 7. The summed E-state index contributed by atoms with van der Waals surface area (Å²) < 4.78 is 7.02. The van der Waals surface area contributed by atoms with E-state index in [9.17, 15) is 14.7 Å². The Morgan fingerprint density at radius 3 is 2.75 bits per heavy atom. The lowest BCUT2D eigenvalue weighted by molar-refractivity contribution is 0.0694. The Bertz CT molecular complexity index is 1300. The SMILES string of the molecule is COCCN1CCC(Cn2cc(C(=O)O)c(=O)c3cc(Cl)c(N4Cc5cccnc5C4)nc32)CC1.Cl. The van der Waals surface area contributed by atoms with Crippen molar-refractivity contribution in [2.24, 2.45) is 5.92 Å². The number of piperidine rings is 1. The van der Waals surface area contributed by atoms with Crippen LogP contribution >= 0.6 is 24.0 Å². The zero-order valence-corrected chi connectivity index (χ0v) is 21.6. The highest BCUT2D eigenvalue weighted by Crippen LogP contribution is 2.33. The fourth-order valence-electron chi connectivity index (χ4n) is 5.03. The number of carboxylic acids is 1. The molecular formula is C25H29Cl2N5O4. The zero-order chi connectivity index (χ0) is 24.5. The molecule has 3 aromatic rings. The molecule has 3 aromatic heterocycles. The summed E-state index contributed by atoms with van der Waals surface area (Å²) in [7, 11) is 1.71. The topological polar surface area (TPSA) is 101 Å². The third-order valence-corrected chi connectivity index (χ3v) is 7.25. The van der Waals surface area contributed by atoms with Gasteiger partial charge in [0, 0.05) is 39.1 Å². The molecule has 192 valence electrons. The van der Waals surface area contributed by atoms with E-state index in [1.807, 2.05) is 21.6 Å². The summed E-state index contributed by atoms with van der Waals surface area (Å²) >= 11 is 6.60. The van der Waals surface area contributed by atoms with Crippen LogP contribution in [0.25, 0.3) is 11.0 Å². The van der Waals surface area contributed by atoms with Gasteiger partial charge in [0.15, 0.2) is 5.82 Å². The second kappa shape index (κ2) is 11.1. The van der Waals surface area contributed by atoms with E-state index in [2.05, 4.69) is 9.88 Å². The first-order chi connectivity index (χ1) is 16.9. The molecule has 0 bridgehead atoms. The molecule has 1 saturated heterocycles. The van der Waals surface area contributed by atoms with Gasteiger partial charge in [0.05, 0.1) is 29.3 Å². The third kappa shape index (κ3) is 5.20. The quantitative estimate of drug-likeness (QED) is 0.492. The predicted octanol–water partition coefficient (Wildman–Crippen LogP) is 3.44. The van der Waals surface area contributed by atoms with E-state index in [0.717, 1.165) is 43.7 Å². The molecule has 0 radical (unpaired) electrons. The van der Waals surface area contributed by atoms with Crippen LogP contribution in [0.5, 0.6) is 0 Å². The number of likely N-dealkylation sites (tertiary alicyclic amines) is 1. The summed E-state index contributed by atoms with van der Waals surface area (Å²) in [5, 5.41) is 10.2. The zero-order valence-electron chi connectivity index (χ0n) is 20.0. The van der Waals surface area contributed by atoms with Gasteiger partial charge in [-0.2, -0.15) is 0 Å². The lowest BCUT2D eigenvalue weighted by atomic mass is 9.96. The molecule has 2 aliphatic heterocycles. The maximum atomic E-state index is 13.0. The first-order valence-corrected chi connectivity index (χ1v) is 12.2. The number of halogens is 2.